The standard InChI is InChI=1S/C36H48N6O4/c1-8-25-20-27-30(31(44-9-2)29(25)28-21-37-15-10-24(28)3)38-33(45-26-11-16-40(7)17-12-26)39-32(27)41-18-13-36(14-19-41)22-42(23-36)34(43)46-35(4,5)6/h8,10,15,20-21,26H,1,9,11-14,16-19,22-23H2,2-7H3. The van der Waals surface area contributed by atoms with Gasteiger partial charge in [-0.3, -0.25) is 4.98 Å². The van der Waals surface area contributed by atoms with Crippen molar-refractivity contribution in [3.05, 3.63) is 42.2 Å². The van der Waals surface area contributed by atoms with E-state index in [0.29, 0.717) is 18.4 Å². The molecule has 1 aromatic carbocycles. The van der Waals surface area contributed by atoms with Crippen LogP contribution in [0.25, 0.3) is 28.1 Å². The van der Waals surface area contributed by atoms with Gasteiger partial charge < -0.3 is 28.9 Å². The van der Waals surface area contributed by atoms with Gasteiger partial charge in [-0.05, 0) is 90.6 Å². The molecule has 2 aromatic heterocycles. The molecule has 0 radical (unpaired) electrons. The molecule has 0 saturated carbocycles. The average molecular weight is 629 g/mol. The predicted octanol–water partition coefficient (Wildman–Crippen LogP) is 6.35. The summed E-state index contributed by atoms with van der Waals surface area (Å²) in [5, 5.41) is 0.916. The number of hydrogen-bond acceptors (Lipinski definition) is 9. The molecule has 246 valence electrons. The molecular formula is C36H48N6O4. The van der Waals surface area contributed by atoms with Gasteiger partial charge in [0.2, 0.25) is 0 Å². The Kier molecular flexibility index (Phi) is 8.85. The predicted molar refractivity (Wildman–Crippen MR) is 182 cm³/mol. The lowest BCUT2D eigenvalue weighted by Gasteiger charge is -2.53. The third-order valence-electron chi connectivity index (χ3n) is 9.52. The summed E-state index contributed by atoms with van der Waals surface area (Å²) >= 11 is 0. The fourth-order valence-corrected chi connectivity index (χ4v) is 6.94. The molecule has 1 spiro atoms. The molecular weight excluding hydrogens is 580 g/mol. The highest BCUT2D eigenvalue weighted by Gasteiger charge is 2.48. The summed E-state index contributed by atoms with van der Waals surface area (Å²) in [5.41, 5.74) is 4.31. The zero-order valence-electron chi connectivity index (χ0n) is 28.3. The van der Waals surface area contributed by atoms with E-state index < -0.39 is 5.60 Å². The average Bonchev–Trinajstić information content (AvgIpc) is 3.00. The van der Waals surface area contributed by atoms with E-state index in [9.17, 15) is 4.79 Å². The second-order valence-corrected chi connectivity index (χ2v) is 14.2. The maximum absolute atomic E-state index is 12.7. The summed E-state index contributed by atoms with van der Waals surface area (Å²) in [6.45, 7) is 19.5. The Labute approximate surface area is 272 Å². The number of ether oxygens (including phenoxy) is 3. The van der Waals surface area contributed by atoms with E-state index in [1.165, 1.54) is 0 Å². The van der Waals surface area contributed by atoms with Crippen molar-refractivity contribution in [3.63, 3.8) is 0 Å². The summed E-state index contributed by atoms with van der Waals surface area (Å²) in [6, 6.07) is 4.54. The molecule has 3 aliphatic heterocycles. The van der Waals surface area contributed by atoms with Crippen LogP contribution < -0.4 is 14.4 Å². The lowest BCUT2D eigenvalue weighted by atomic mass is 9.72. The van der Waals surface area contributed by atoms with Gasteiger partial charge in [-0.1, -0.05) is 12.7 Å². The van der Waals surface area contributed by atoms with Gasteiger partial charge in [0.05, 0.1) is 6.61 Å². The van der Waals surface area contributed by atoms with Crippen molar-refractivity contribution in [2.75, 3.05) is 57.8 Å². The minimum Gasteiger partial charge on any atom is -0.491 e. The molecule has 0 aliphatic carbocycles. The molecule has 3 aromatic rings. The van der Waals surface area contributed by atoms with Gasteiger partial charge in [0.25, 0.3) is 0 Å². The zero-order valence-corrected chi connectivity index (χ0v) is 28.3. The number of nitrogens with zero attached hydrogens (tertiary/aromatic N) is 6. The van der Waals surface area contributed by atoms with Crippen LogP contribution in [0.4, 0.5) is 10.6 Å². The van der Waals surface area contributed by atoms with Crippen LogP contribution in [0, 0.1) is 12.3 Å². The Balaban J connectivity index is 1.37. The quantitative estimate of drug-likeness (QED) is 0.297. The lowest BCUT2D eigenvalue weighted by molar-refractivity contribution is -0.0434. The Bertz CT molecular complexity index is 1590. The summed E-state index contributed by atoms with van der Waals surface area (Å²) in [6.07, 6.45) is 9.18. The number of fused-ring (bicyclic) bond motifs is 1. The number of benzene rings is 1. The number of aromatic nitrogens is 3. The molecule has 6 rings (SSSR count). The molecule has 46 heavy (non-hydrogen) atoms. The maximum atomic E-state index is 12.7. The van der Waals surface area contributed by atoms with Gasteiger partial charge in [0.1, 0.15) is 23.0 Å². The van der Waals surface area contributed by atoms with Crippen LogP contribution in [-0.2, 0) is 4.74 Å². The molecule has 0 bridgehead atoms. The largest absolute Gasteiger partial charge is 0.491 e. The topological polar surface area (TPSA) is 93.2 Å². The Morgan fingerprint density at radius 1 is 1.13 bits per heavy atom. The second-order valence-electron chi connectivity index (χ2n) is 14.2. The SMILES string of the molecule is C=Cc1cc2c(N3CCC4(CC3)CN(C(=O)OC(C)(C)C)C4)nc(OC3CCN(C)CC3)nc2c(OCC)c1-c1cnccc1C. The number of rotatable bonds is 7. The summed E-state index contributed by atoms with van der Waals surface area (Å²) in [4.78, 5) is 33.8. The Morgan fingerprint density at radius 3 is 2.48 bits per heavy atom. The summed E-state index contributed by atoms with van der Waals surface area (Å²) in [5.74, 6) is 1.55. The number of carbonyl (C=O) groups excluding carboxylic acids is 1. The van der Waals surface area contributed by atoms with E-state index >= 15 is 0 Å². The van der Waals surface area contributed by atoms with Crippen LogP contribution >= 0.6 is 0 Å². The first-order valence-corrected chi connectivity index (χ1v) is 16.6. The van der Waals surface area contributed by atoms with E-state index in [1.807, 2.05) is 50.9 Å². The van der Waals surface area contributed by atoms with E-state index in [0.717, 1.165) is 104 Å². The van der Waals surface area contributed by atoms with Gasteiger partial charge in [-0.25, -0.2) is 4.79 Å². The molecule has 10 heteroatoms. The number of carbonyl (C=O) groups is 1. The fraction of sp³-hybridized carbons (Fsp3) is 0.556. The van der Waals surface area contributed by atoms with Crippen molar-refractivity contribution in [1.29, 1.82) is 0 Å². The highest BCUT2D eigenvalue weighted by Crippen LogP contribution is 2.46. The van der Waals surface area contributed by atoms with Gasteiger partial charge in [-0.2, -0.15) is 9.97 Å². The highest BCUT2D eigenvalue weighted by molar-refractivity contribution is 6.02. The third kappa shape index (κ3) is 6.49. The van der Waals surface area contributed by atoms with Gasteiger partial charge >= 0.3 is 12.1 Å². The van der Waals surface area contributed by atoms with E-state index in [-0.39, 0.29) is 17.6 Å². The number of pyridine rings is 1. The van der Waals surface area contributed by atoms with Crippen LogP contribution in [0.5, 0.6) is 11.8 Å². The molecule has 3 aliphatic rings. The van der Waals surface area contributed by atoms with Crippen LogP contribution in [-0.4, -0.2) is 95.5 Å². The number of hydrogen-bond donors (Lipinski definition) is 0. The number of amides is 1. The first-order chi connectivity index (χ1) is 22.0. The second kappa shape index (κ2) is 12.7. The van der Waals surface area contributed by atoms with Crippen LogP contribution in [0.3, 0.4) is 0 Å². The van der Waals surface area contributed by atoms with Crippen molar-refractivity contribution in [2.45, 2.75) is 72.0 Å². The first kappa shape index (κ1) is 32.0. The molecule has 10 nitrogen and oxygen atoms in total. The number of anilines is 1. The van der Waals surface area contributed by atoms with Gasteiger partial charge in [-0.15, -0.1) is 0 Å². The normalized spacial score (nSPS) is 18.8. The zero-order chi connectivity index (χ0) is 32.6. The maximum Gasteiger partial charge on any atom is 0.410 e. The Hall–Kier alpha value is -3.92. The highest BCUT2D eigenvalue weighted by atomic mass is 16.6. The molecule has 1 amide bonds. The van der Waals surface area contributed by atoms with Crippen molar-refractivity contribution in [1.82, 2.24) is 24.8 Å². The summed E-state index contributed by atoms with van der Waals surface area (Å²) in [7, 11) is 2.15. The molecule has 0 unspecified atom stereocenters. The van der Waals surface area contributed by atoms with E-state index in [4.69, 9.17) is 24.2 Å². The minimum atomic E-state index is -0.495. The van der Waals surface area contributed by atoms with Gasteiger partial charge in [0.15, 0.2) is 5.75 Å². The molecule has 3 fully saturated rings. The van der Waals surface area contributed by atoms with Crippen LogP contribution in [0.1, 0.15) is 64.5 Å². The van der Waals surface area contributed by atoms with Crippen LogP contribution in [0.15, 0.2) is 31.1 Å². The summed E-state index contributed by atoms with van der Waals surface area (Å²) < 4.78 is 18.6. The molecule has 0 atom stereocenters. The van der Waals surface area contributed by atoms with E-state index in [2.05, 4.69) is 41.4 Å². The third-order valence-corrected chi connectivity index (χ3v) is 9.52. The van der Waals surface area contributed by atoms with Crippen molar-refractivity contribution in [2.24, 2.45) is 5.41 Å². The Morgan fingerprint density at radius 2 is 1.85 bits per heavy atom. The first-order valence-electron chi connectivity index (χ1n) is 16.6. The monoisotopic (exact) mass is 628 g/mol. The molecule has 5 heterocycles. The van der Waals surface area contributed by atoms with Crippen molar-refractivity contribution in [3.8, 4) is 22.9 Å². The van der Waals surface area contributed by atoms with Crippen molar-refractivity contribution < 1.29 is 19.0 Å². The van der Waals surface area contributed by atoms with Crippen LogP contribution in [0.2, 0.25) is 0 Å². The molecule has 3 saturated heterocycles. The smallest absolute Gasteiger partial charge is 0.410 e. The lowest BCUT2D eigenvalue weighted by Crippen LogP contribution is -2.62. The fourth-order valence-electron chi connectivity index (χ4n) is 6.94. The number of aryl methyl sites for hydroxylation is 1. The minimum absolute atomic E-state index is 0.0583. The van der Waals surface area contributed by atoms with Gasteiger partial charge in [0, 0.05) is 73.6 Å². The molecule has 0 N–H and O–H groups in total. The number of likely N-dealkylation sites (tertiary alicyclic amines) is 2. The van der Waals surface area contributed by atoms with E-state index in [1.54, 1.807) is 6.20 Å². The van der Waals surface area contributed by atoms with Crippen molar-refractivity contribution >= 4 is 28.9 Å². The number of piperidine rings is 2.